The van der Waals surface area contributed by atoms with Gasteiger partial charge < -0.3 is 4.74 Å². The summed E-state index contributed by atoms with van der Waals surface area (Å²) in [4.78, 5) is 0. The number of rotatable bonds is 5. The van der Waals surface area contributed by atoms with Crippen molar-refractivity contribution in [3.05, 3.63) is 71.3 Å². The fraction of sp³-hybridized carbons (Fsp3) is 0.188. The van der Waals surface area contributed by atoms with Crippen molar-refractivity contribution in [1.82, 2.24) is 20.0 Å². The quantitative estimate of drug-likeness (QED) is 0.723. The van der Waals surface area contributed by atoms with E-state index < -0.39 is 0 Å². The Kier molecular flexibility index (Phi) is 4.34. The van der Waals surface area contributed by atoms with Gasteiger partial charge in [-0.3, -0.25) is 4.68 Å². The highest BCUT2D eigenvalue weighted by Gasteiger charge is 2.08. The van der Waals surface area contributed by atoms with Gasteiger partial charge in [0, 0.05) is 18.5 Å². The van der Waals surface area contributed by atoms with E-state index in [0.717, 1.165) is 12.1 Å². The molecule has 0 radical (unpaired) electrons. The molecule has 0 saturated carbocycles. The van der Waals surface area contributed by atoms with E-state index >= 15 is 0 Å². The molecule has 0 aliphatic heterocycles. The molecule has 1 atom stereocenters. The van der Waals surface area contributed by atoms with Crippen molar-refractivity contribution in [2.45, 2.75) is 19.6 Å². The molecule has 1 aromatic carbocycles. The van der Waals surface area contributed by atoms with E-state index in [-0.39, 0.29) is 6.10 Å². The third-order valence-corrected chi connectivity index (χ3v) is 3.45. The van der Waals surface area contributed by atoms with Crippen molar-refractivity contribution in [3.63, 3.8) is 0 Å². The molecular formula is C16H15ClN4O. The van der Waals surface area contributed by atoms with Crippen molar-refractivity contribution in [2.24, 2.45) is 0 Å². The van der Waals surface area contributed by atoms with Gasteiger partial charge in [-0.25, -0.2) is 0 Å². The van der Waals surface area contributed by atoms with Crippen molar-refractivity contribution >= 4 is 11.6 Å². The summed E-state index contributed by atoms with van der Waals surface area (Å²) in [6.45, 7) is 2.74. The van der Waals surface area contributed by atoms with Gasteiger partial charge in [-0.15, -0.1) is 5.10 Å². The third kappa shape index (κ3) is 3.62. The van der Waals surface area contributed by atoms with E-state index in [1.807, 2.05) is 23.9 Å². The zero-order valence-electron chi connectivity index (χ0n) is 12.1. The number of nitrogens with zero attached hydrogens (tertiary/aromatic N) is 4. The number of aromatic nitrogens is 4. The van der Waals surface area contributed by atoms with E-state index in [9.17, 15) is 0 Å². The second-order valence-corrected chi connectivity index (χ2v) is 5.31. The van der Waals surface area contributed by atoms with Gasteiger partial charge in [0.15, 0.2) is 5.15 Å². The van der Waals surface area contributed by atoms with Gasteiger partial charge in [-0.05, 0) is 24.1 Å². The number of hydrogen-bond donors (Lipinski definition) is 0. The Morgan fingerprint density at radius 3 is 2.77 bits per heavy atom. The molecule has 2 aromatic heterocycles. The van der Waals surface area contributed by atoms with Crippen LogP contribution in [-0.4, -0.2) is 20.0 Å². The van der Waals surface area contributed by atoms with Crippen molar-refractivity contribution in [2.75, 3.05) is 0 Å². The Labute approximate surface area is 133 Å². The summed E-state index contributed by atoms with van der Waals surface area (Å²) in [5.41, 5.74) is 2.27. The third-order valence-electron chi connectivity index (χ3n) is 3.27. The van der Waals surface area contributed by atoms with Crippen LogP contribution in [0.5, 0.6) is 5.75 Å². The second kappa shape index (κ2) is 6.58. The maximum atomic E-state index is 5.82. The predicted octanol–water partition coefficient (Wildman–Crippen LogP) is 3.51. The molecule has 0 N–H and O–H groups in total. The monoisotopic (exact) mass is 314 g/mol. The lowest BCUT2D eigenvalue weighted by molar-refractivity contribution is 0.225. The van der Waals surface area contributed by atoms with Crippen LogP contribution in [0.25, 0.3) is 0 Å². The van der Waals surface area contributed by atoms with Crippen LogP contribution in [0.4, 0.5) is 0 Å². The molecule has 0 amide bonds. The van der Waals surface area contributed by atoms with E-state index in [1.165, 1.54) is 5.56 Å². The van der Waals surface area contributed by atoms with Crippen LogP contribution in [0.2, 0.25) is 5.15 Å². The first-order valence-corrected chi connectivity index (χ1v) is 7.29. The Bertz CT molecular complexity index is 728. The minimum Gasteiger partial charge on any atom is -0.484 e. The first-order chi connectivity index (χ1) is 10.7. The summed E-state index contributed by atoms with van der Waals surface area (Å²) in [7, 11) is 0. The predicted molar refractivity (Wildman–Crippen MR) is 83.9 cm³/mol. The van der Waals surface area contributed by atoms with Crippen LogP contribution >= 0.6 is 11.6 Å². The summed E-state index contributed by atoms with van der Waals surface area (Å²) in [6, 6.07) is 11.8. The lowest BCUT2D eigenvalue weighted by Crippen LogP contribution is -2.05. The Hall–Kier alpha value is -2.40. The first-order valence-electron chi connectivity index (χ1n) is 6.92. The summed E-state index contributed by atoms with van der Waals surface area (Å²) < 4.78 is 7.71. The average molecular weight is 315 g/mol. The standard InChI is InChI=1S/C16H15ClN4O/c1-12(22-15-9-16(17)20-18-10-15)14-5-3-13(4-6-14)11-21-8-2-7-19-21/h2-10,12H,11H2,1H3. The molecular weight excluding hydrogens is 300 g/mol. The van der Waals surface area contributed by atoms with Gasteiger partial charge in [0.05, 0.1) is 12.7 Å². The van der Waals surface area contributed by atoms with Gasteiger partial charge >= 0.3 is 0 Å². The molecule has 0 aliphatic rings. The Morgan fingerprint density at radius 2 is 2.09 bits per heavy atom. The second-order valence-electron chi connectivity index (χ2n) is 4.92. The van der Waals surface area contributed by atoms with Crippen LogP contribution in [0.3, 0.4) is 0 Å². The van der Waals surface area contributed by atoms with Gasteiger partial charge in [0.1, 0.15) is 11.9 Å². The number of ether oxygens (including phenoxy) is 1. The maximum absolute atomic E-state index is 5.82. The molecule has 1 unspecified atom stereocenters. The Morgan fingerprint density at radius 1 is 1.27 bits per heavy atom. The fourth-order valence-corrected chi connectivity index (χ4v) is 2.29. The summed E-state index contributed by atoms with van der Waals surface area (Å²) in [5.74, 6) is 0.605. The number of hydrogen-bond acceptors (Lipinski definition) is 4. The smallest absolute Gasteiger partial charge is 0.155 e. The van der Waals surface area contributed by atoms with Gasteiger partial charge in [-0.2, -0.15) is 10.2 Å². The zero-order chi connectivity index (χ0) is 15.4. The molecule has 3 rings (SSSR count). The van der Waals surface area contributed by atoms with E-state index in [4.69, 9.17) is 16.3 Å². The number of halogens is 1. The average Bonchev–Trinajstić information content (AvgIpc) is 3.01. The van der Waals surface area contributed by atoms with Crippen LogP contribution in [0.1, 0.15) is 24.2 Å². The van der Waals surface area contributed by atoms with Crippen LogP contribution < -0.4 is 4.74 Å². The highest BCUT2D eigenvalue weighted by atomic mass is 35.5. The SMILES string of the molecule is CC(Oc1cnnc(Cl)c1)c1ccc(Cn2cccn2)cc1. The van der Waals surface area contributed by atoms with Crippen LogP contribution in [-0.2, 0) is 6.54 Å². The number of benzene rings is 1. The largest absolute Gasteiger partial charge is 0.484 e. The van der Waals surface area contributed by atoms with E-state index in [1.54, 1.807) is 18.5 Å². The van der Waals surface area contributed by atoms with Crippen molar-refractivity contribution < 1.29 is 4.74 Å². The molecule has 0 saturated heterocycles. The molecule has 112 valence electrons. The first kappa shape index (κ1) is 14.5. The van der Waals surface area contributed by atoms with Gasteiger partial charge in [-0.1, -0.05) is 35.9 Å². The Balaban J connectivity index is 1.66. The van der Waals surface area contributed by atoms with Gasteiger partial charge in [0.25, 0.3) is 0 Å². The highest BCUT2D eigenvalue weighted by Crippen LogP contribution is 2.22. The van der Waals surface area contributed by atoms with Gasteiger partial charge in [0.2, 0.25) is 0 Å². The summed E-state index contributed by atoms with van der Waals surface area (Å²) >= 11 is 5.80. The van der Waals surface area contributed by atoms with Crippen molar-refractivity contribution in [1.29, 1.82) is 0 Å². The van der Waals surface area contributed by atoms with Crippen LogP contribution in [0, 0.1) is 0 Å². The molecule has 0 bridgehead atoms. The normalized spacial score (nSPS) is 12.1. The van der Waals surface area contributed by atoms with Crippen molar-refractivity contribution in [3.8, 4) is 5.75 Å². The van der Waals surface area contributed by atoms with E-state index in [2.05, 4.69) is 39.6 Å². The summed E-state index contributed by atoms with van der Waals surface area (Å²) in [6.07, 6.45) is 5.17. The van der Waals surface area contributed by atoms with Crippen LogP contribution in [0.15, 0.2) is 55.0 Å². The van der Waals surface area contributed by atoms with E-state index in [0.29, 0.717) is 10.9 Å². The lowest BCUT2D eigenvalue weighted by atomic mass is 10.1. The molecule has 0 spiro atoms. The maximum Gasteiger partial charge on any atom is 0.155 e. The zero-order valence-corrected chi connectivity index (χ0v) is 12.8. The topological polar surface area (TPSA) is 52.8 Å². The lowest BCUT2D eigenvalue weighted by Gasteiger charge is -2.15. The molecule has 3 aromatic rings. The minimum atomic E-state index is -0.0981. The molecule has 22 heavy (non-hydrogen) atoms. The highest BCUT2D eigenvalue weighted by molar-refractivity contribution is 6.29. The molecule has 0 aliphatic carbocycles. The summed E-state index contributed by atoms with van der Waals surface area (Å²) in [5, 5.41) is 12.0. The molecule has 2 heterocycles. The fourth-order valence-electron chi connectivity index (χ4n) is 2.14. The molecule has 6 heteroatoms. The molecule has 5 nitrogen and oxygen atoms in total. The molecule has 0 fully saturated rings. The minimum absolute atomic E-state index is 0.0981.